The maximum absolute atomic E-state index is 10.3. The zero-order valence-corrected chi connectivity index (χ0v) is 16.3. The van der Waals surface area contributed by atoms with E-state index in [4.69, 9.17) is 5.73 Å². The quantitative estimate of drug-likeness (QED) is 0.302. The fourth-order valence-corrected chi connectivity index (χ4v) is 5.04. The molecule has 5 N–H and O–H groups in total. The number of anilines is 1. The summed E-state index contributed by atoms with van der Waals surface area (Å²) in [6.07, 6.45) is 0.378. The van der Waals surface area contributed by atoms with E-state index in [1.165, 1.54) is 0 Å². The molecule has 2 aliphatic carbocycles. The first kappa shape index (κ1) is 17.4. The van der Waals surface area contributed by atoms with E-state index in [-0.39, 0.29) is 0 Å². The molecular weight excluding hydrogens is 374 g/mol. The molecule has 2 unspecified atom stereocenters. The van der Waals surface area contributed by atoms with E-state index in [1.54, 1.807) is 0 Å². The van der Waals surface area contributed by atoms with Gasteiger partial charge in [0, 0.05) is 29.3 Å². The summed E-state index contributed by atoms with van der Waals surface area (Å²) in [5, 5.41) is 28.1. The molecule has 4 aromatic carbocycles. The van der Waals surface area contributed by atoms with E-state index in [0.717, 1.165) is 55.2 Å². The van der Waals surface area contributed by atoms with Crippen LogP contribution in [0.15, 0.2) is 65.7 Å². The Morgan fingerprint density at radius 3 is 2.10 bits per heavy atom. The molecule has 0 radical (unpaired) electrons. The minimum atomic E-state index is -0.456. The van der Waals surface area contributed by atoms with Crippen molar-refractivity contribution in [2.24, 2.45) is 10.7 Å². The van der Waals surface area contributed by atoms with Gasteiger partial charge in [-0.15, -0.1) is 0 Å². The van der Waals surface area contributed by atoms with Gasteiger partial charge in [-0.1, -0.05) is 48.5 Å². The molecule has 0 heterocycles. The van der Waals surface area contributed by atoms with Gasteiger partial charge >= 0.3 is 0 Å². The number of hydrogen-bond donors (Lipinski definition) is 4. The SMILES string of the molecule is NC(=Nc1ccc2c3c(cccc13)CC2O)Nc1ccc2c3c(cccc13)CC2O. The van der Waals surface area contributed by atoms with Crippen LogP contribution in [-0.2, 0) is 12.8 Å². The molecule has 2 aliphatic rings. The van der Waals surface area contributed by atoms with Gasteiger partial charge in [0.1, 0.15) is 0 Å². The van der Waals surface area contributed by atoms with Gasteiger partial charge in [-0.25, -0.2) is 4.99 Å². The summed E-state index contributed by atoms with van der Waals surface area (Å²) in [5.41, 5.74) is 12.2. The average Bonchev–Trinajstić information content (AvgIpc) is 3.24. The number of hydrogen-bond acceptors (Lipinski definition) is 3. The van der Waals surface area contributed by atoms with E-state index >= 15 is 0 Å². The van der Waals surface area contributed by atoms with Crippen LogP contribution in [0.3, 0.4) is 0 Å². The van der Waals surface area contributed by atoms with E-state index in [0.29, 0.717) is 18.8 Å². The summed E-state index contributed by atoms with van der Waals surface area (Å²) in [6.45, 7) is 0. The number of nitrogens with two attached hydrogens (primary N) is 1. The van der Waals surface area contributed by atoms with Crippen molar-refractivity contribution < 1.29 is 10.2 Å². The molecule has 0 saturated heterocycles. The van der Waals surface area contributed by atoms with Gasteiger partial charge in [-0.3, -0.25) is 0 Å². The molecule has 0 spiro atoms. The smallest absolute Gasteiger partial charge is 0.198 e. The van der Waals surface area contributed by atoms with Gasteiger partial charge in [0.15, 0.2) is 5.96 Å². The molecule has 0 amide bonds. The highest BCUT2D eigenvalue weighted by molar-refractivity contribution is 6.07. The third-order valence-electron chi connectivity index (χ3n) is 6.34. The Bertz CT molecular complexity index is 1380. The Kier molecular flexibility index (Phi) is 3.66. The standard InChI is InChI=1S/C25H21N3O2/c26-25(27-19-9-7-17-21(29)11-13-3-1-5-15(19)23(13)17)28-20-10-8-18-22(30)12-14-4-2-6-16(20)24(14)18/h1-10,21-22,29-30H,11-12H2,(H3,26,27,28). The van der Waals surface area contributed by atoms with Crippen molar-refractivity contribution in [3.63, 3.8) is 0 Å². The Hall–Kier alpha value is -3.41. The summed E-state index contributed by atoms with van der Waals surface area (Å²) in [7, 11) is 0. The number of nitrogens with one attached hydrogen (secondary N) is 1. The molecule has 0 saturated carbocycles. The second-order valence-electron chi connectivity index (χ2n) is 8.12. The van der Waals surface area contributed by atoms with Crippen LogP contribution in [0.2, 0.25) is 0 Å². The van der Waals surface area contributed by atoms with Crippen LogP contribution < -0.4 is 11.1 Å². The first-order valence-electron chi connectivity index (χ1n) is 10.2. The van der Waals surface area contributed by atoms with Crippen molar-refractivity contribution in [1.29, 1.82) is 0 Å². The van der Waals surface area contributed by atoms with Crippen molar-refractivity contribution in [2.45, 2.75) is 25.0 Å². The van der Waals surface area contributed by atoms with Gasteiger partial charge in [0.2, 0.25) is 0 Å². The Morgan fingerprint density at radius 1 is 0.800 bits per heavy atom. The molecule has 5 nitrogen and oxygen atoms in total. The highest BCUT2D eigenvalue weighted by atomic mass is 16.3. The number of aliphatic hydroxyl groups is 2. The molecule has 0 bridgehead atoms. The topological polar surface area (TPSA) is 90.9 Å². The molecule has 4 aromatic rings. The third kappa shape index (κ3) is 2.46. The van der Waals surface area contributed by atoms with Crippen molar-refractivity contribution in [2.75, 3.05) is 5.32 Å². The summed E-state index contributed by atoms with van der Waals surface area (Å²) in [4.78, 5) is 4.65. The van der Waals surface area contributed by atoms with Crippen molar-refractivity contribution in [3.8, 4) is 0 Å². The third-order valence-corrected chi connectivity index (χ3v) is 6.34. The highest BCUT2D eigenvalue weighted by Crippen LogP contribution is 2.41. The van der Waals surface area contributed by atoms with Gasteiger partial charge in [-0.05, 0) is 45.2 Å². The van der Waals surface area contributed by atoms with Crippen LogP contribution in [0.1, 0.15) is 34.5 Å². The minimum absolute atomic E-state index is 0.300. The Balaban J connectivity index is 1.42. The van der Waals surface area contributed by atoms with Crippen LogP contribution in [0.25, 0.3) is 21.5 Å². The lowest BCUT2D eigenvalue weighted by atomic mass is 10.0. The first-order chi connectivity index (χ1) is 14.6. The van der Waals surface area contributed by atoms with E-state index < -0.39 is 12.2 Å². The highest BCUT2D eigenvalue weighted by Gasteiger charge is 2.24. The lowest BCUT2D eigenvalue weighted by Gasteiger charge is -2.12. The zero-order valence-electron chi connectivity index (χ0n) is 16.3. The minimum Gasteiger partial charge on any atom is -0.388 e. The lowest BCUT2D eigenvalue weighted by molar-refractivity contribution is 0.185. The summed E-state index contributed by atoms with van der Waals surface area (Å²) >= 11 is 0. The maximum atomic E-state index is 10.3. The van der Waals surface area contributed by atoms with Gasteiger partial charge in [-0.2, -0.15) is 0 Å². The number of rotatable bonds is 2. The second kappa shape index (κ2) is 6.29. The monoisotopic (exact) mass is 395 g/mol. The first-order valence-corrected chi connectivity index (χ1v) is 10.2. The van der Waals surface area contributed by atoms with Crippen LogP contribution in [0.5, 0.6) is 0 Å². The Labute approximate surface area is 173 Å². The van der Waals surface area contributed by atoms with Crippen LogP contribution in [0.4, 0.5) is 11.4 Å². The number of nitrogens with zero attached hydrogens (tertiary/aromatic N) is 1. The molecule has 5 heteroatoms. The molecule has 0 aromatic heterocycles. The predicted molar refractivity (Wildman–Crippen MR) is 120 cm³/mol. The van der Waals surface area contributed by atoms with Gasteiger partial charge < -0.3 is 21.3 Å². The largest absolute Gasteiger partial charge is 0.388 e. The lowest BCUT2D eigenvalue weighted by Crippen LogP contribution is -2.22. The fraction of sp³-hybridized carbons (Fsp3) is 0.160. The molecule has 2 atom stereocenters. The number of aliphatic hydroxyl groups excluding tert-OH is 2. The average molecular weight is 395 g/mol. The molecular formula is C25H21N3O2. The molecule has 148 valence electrons. The van der Waals surface area contributed by atoms with Crippen LogP contribution >= 0.6 is 0 Å². The Morgan fingerprint density at radius 2 is 1.40 bits per heavy atom. The number of aliphatic imine (C=N–C) groups is 1. The predicted octanol–water partition coefficient (Wildman–Crippen LogP) is 4.23. The van der Waals surface area contributed by atoms with Crippen molar-refractivity contribution in [3.05, 3.63) is 82.9 Å². The zero-order chi connectivity index (χ0) is 20.4. The molecule has 0 fully saturated rings. The number of benzene rings is 4. The second-order valence-corrected chi connectivity index (χ2v) is 8.12. The van der Waals surface area contributed by atoms with E-state index in [1.807, 2.05) is 48.5 Å². The van der Waals surface area contributed by atoms with Crippen molar-refractivity contribution >= 4 is 38.9 Å². The fourth-order valence-electron chi connectivity index (χ4n) is 5.04. The van der Waals surface area contributed by atoms with Crippen LogP contribution in [-0.4, -0.2) is 16.2 Å². The van der Waals surface area contributed by atoms with E-state index in [9.17, 15) is 10.2 Å². The molecule has 0 aliphatic heterocycles. The van der Waals surface area contributed by atoms with Crippen LogP contribution in [0, 0.1) is 0 Å². The van der Waals surface area contributed by atoms with Gasteiger partial charge in [0.25, 0.3) is 0 Å². The normalized spacial score (nSPS) is 19.7. The van der Waals surface area contributed by atoms with Crippen molar-refractivity contribution in [1.82, 2.24) is 0 Å². The molecule has 30 heavy (non-hydrogen) atoms. The summed E-state index contributed by atoms with van der Waals surface area (Å²) in [6, 6.07) is 19.9. The molecule has 6 rings (SSSR count). The van der Waals surface area contributed by atoms with E-state index in [2.05, 4.69) is 22.4 Å². The number of guanidine groups is 1. The van der Waals surface area contributed by atoms with Gasteiger partial charge in [0.05, 0.1) is 17.9 Å². The summed E-state index contributed by atoms with van der Waals surface area (Å²) in [5.74, 6) is 0.300. The summed E-state index contributed by atoms with van der Waals surface area (Å²) < 4.78 is 0. The maximum Gasteiger partial charge on any atom is 0.198 e.